The van der Waals surface area contributed by atoms with E-state index in [4.69, 9.17) is 11.6 Å². The van der Waals surface area contributed by atoms with Crippen LogP contribution in [0.1, 0.15) is 29.3 Å². The van der Waals surface area contributed by atoms with Crippen molar-refractivity contribution in [2.24, 2.45) is 0 Å². The van der Waals surface area contributed by atoms with Gasteiger partial charge in [0, 0.05) is 22.8 Å². The van der Waals surface area contributed by atoms with E-state index in [9.17, 15) is 4.39 Å². The van der Waals surface area contributed by atoms with Gasteiger partial charge in [0.05, 0.1) is 5.38 Å². The molecule has 1 heterocycles. The highest BCUT2D eigenvalue weighted by molar-refractivity contribution is 9.10. The molecule has 1 nitrogen and oxygen atoms in total. The first kappa shape index (κ1) is 13.5. The molecule has 18 heavy (non-hydrogen) atoms. The summed E-state index contributed by atoms with van der Waals surface area (Å²) in [7, 11) is 0. The summed E-state index contributed by atoms with van der Waals surface area (Å²) < 4.78 is 13.8. The molecule has 0 N–H and O–H groups in total. The van der Waals surface area contributed by atoms with Crippen molar-refractivity contribution < 1.29 is 4.39 Å². The molecule has 0 amide bonds. The van der Waals surface area contributed by atoms with E-state index in [2.05, 4.69) is 20.9 Å². The highest BCUT2D eigenvalue weighted by Gasteiger charge is 2.20. The topological polar surface area (TPSA) is 12.9 Å². The third-order valence-corrected chi connectivity index (χ3v) is 4.23. The maximum Gasteiger partial charge on any atom is 0.124 e. The van der Waals surface area contributed by atoms with Gasteiger partial charge in [-0.1, -0.05) is 28.9 Å². The summed E-state index contributed by atoms with van der Waals surface area (Å²) in [4.78, 5) is 3.99. The van der Waals surface area contributed by atoms with Crippen LogP contribution < -0.4 is 0 Å². The Morgan fingerprint density at radius 3 is 2.50 bits per heavy atom. The number of rotatable bonds is 3. The lowest BCUT2D eigenvalue weighted by molar-refractivity contribution is 0.624. The summed E-state index contributed by atoms with van der Waals surface area (Å²) in [5.74, 6) is -0.150. The molecule has 94 valence electrons. The Labute approximate surface area is 119 Å². The molecule has 4 heteroatoms. The Morgan fingerprint density at radius 2 is 1.89 bits per heavy atom. The van der Waals surface area contributed by atoms with Crippen LogP contribution in [0, 0.1) is 5.82 Å². The first-order valence-electron chi connectivity index (χ1n) is 5.58. The average Bonchev–Trinajstić information content (AvgIpc) is 2.38. The van der Waals surface area contributed by atoms with Gasteiger partial charge in [0.2, 0.25) is 0 Å². The molecule has 0 aliphatic rings. The minimum atomic E-state index is -0.272. The van der Waals surface area contributed by atoms with Crippen LogP contribution in [0.3, 0.4) is 0 Å². The van der Waals surface area contributed by atoms with Crippen molar-refractivity contribution in [2.45, 2.75) is 18.2 Å². The van der Waals surface area contributed by atoms with Crippen LogP contribution >= 0.6 is 27.5 Å². The third-order valence-electron chi connectivity index (χ3n) is 2.93. The van der Waals surface area contributed by atoms with E-state index >= 15 is 0 Å². The zero-order valence-electron chi connectivity index (χ0n) is 9.78. The minimum absolute atomic E-state index is 0.122. The van der Waals surface area contributed by atoms with Crippen molar-refractivity contribution in [2.75, 3.05) is 0 Å². The fourth-order valence-corrected chi connectivity index (χ4v) is 2.90. The monoisotopic (exact) mass is 327 g/mol. The molecule has 2 atom stereocenters. The van der Waals surface area contributed by atoms with Gasteiger partial charge in [0.15, 0.2) is 0 Å². The van der Waals surface area contributed by atoms with Crippen LogP contribution in [-0.4, -0.2) is 4.98 Å². The highest BCUT2D eigenvalue weighted by Crippen LogP contribution is 2.39. The summed E-state index contributed by atoms with van der Waals surface area (Å²) in [5.41, 5.74) is 2.00. The first-order chi connectivity index (χ1) is 8.59. The molecule has 0 aliphatic carbocycles. The fourth-order valence-electron chi connectivity index (χ4n) is 1.83. The second-order valence-corrected chi connectivity index (χ2v) is 5.46. The van der Waals surface area contributed by atoms with Gasteiger partial charge < -0.3 is 0 Å². The van der Waals surface area contributed by atoms with Gasteiger partial charge in [0.25, 0.3) is 0 Å². The van der Waals surface area contributed by atoms with Crippen molar-refractivity contribution in [3.8, 4) is 0 Å². The van der Waals surface area contributed by atoms with Gasteiger partial charge in [-0.25, -0.2) is 4.39 Å². The maximum absolute atomic E-state index is 13.1. The van der Waals surface area contributed by atoms with E-state index in [1.54, 1.807) is 18.5 Å². The molecule has 0 saturated heterocycles. The van der Waals surface area contributed by atoms with Crippen molar-refractivity contribution in [3.05, 3.63) is 64.1 Å². The van der Waals surface area contributed by atoms with Gasteiger partial charge in [0.1, 0.15) is 5.82 Å². The number of aromatic nitrogens is 1. The van der Waals surface area contributed by atoms with Gasteiger partial charge in [-0.3, -0.25) is 4.98 Å². The van der Waals surface area contributed by atoms with E-state index in [1.807, 2.05) is 19.1 Å². The molecule has 2 rings (SSSR count). The second kappa shape index (κ2) is 5.81. The summed E-state index contributed by atoms with van der Waals surface area (Å²) in [5, 5.41) is -0.220. The number of hydrogen-bond acceptors (Lipinski definition) is 1. The van der Waals surface area contributed by atoms with E-state index in [1.165, 1.54) is 12.1 Å². The lowest BCUT2D eigenvalue weighted by atomic mass is 9.94. The molecule has 0 bridgehead atoms. The SMILES string of the molecule is CC(c1ccncc1)C(Cl)c1ccc(F)cc1Br. The van der Waals surface area contributed by atoms with E-state index < -0.39 is 0 Å². The first-order valence-corrected chi connectivity index (χ1v) is 6.81. The van der Waals surface area contributed by atoms with E-state index in [0.29, 0.717) is 4.47 Å². The van der Waals surface area contributed by atoms with Gasteiger partial charge >= 0.3 is 0 Å². The standard InChI is InChI=1S/C14H12BrClFN/c1-9(10-4-6-18-7-5-10)14(16)12-3-2-11(17)8-13(12)15/h2-9,14H,1H3. The van der Waals surface area contributed by atoms with Crippen LogP contribution in [0.4, 0.5) is 4.39 Å². The fraction of sp³-hybridized carbons (Fsp3) is 0.214. The van der Waals surface area contributed by atoms with Crippen molar-refractivity contribution >= 4 is 27.5 Å². The van der Waals surface area contributed by atoms with E-state index in [0.717, 1.165) is 11.1 Å². The quantitative estimate of drug-likeness (QED) is 0.717. The molecule has 2 unspecified atom stereocenters. The Balaban J connectivity index is 2.28. The molecule has 0 aliphatic heterocycles. The largest absolute Gasteiger partial charge is 0.265 e. The number of alkyl halides is 1. The van der Waals surface area contributed by atoms with Gasteiger partial charge in [-0.2, -0.15) is 0 Å². The highest BCUT2D eigenvalue weighted by atomic mass is 79.9. The van der Waals surface area contributed by atoms with Crippen molar-refractivity contribution in [3.63, 3.8) is 0 Å². The zero-order chi connectivity index (χ0) is 13.1. The molecular formula is C14H12BrClFN. The second-order valence-electron chi connectivity index (χ2n) is 4.14. The smallest absolute Gasteiger partial charge is 0.124 e. The van der Waals surface area contributed by atoms with Crippen LogP contribution in [0.5, 0.6) is 0 Å². The molecule has 1 aromatic carbocycles. The van der Waals surface area contributed by atoms with Crippen molar-refractivity contribution in [1.29, 1.82) is 0 Å². The van der Waals surface area contributed by atoms with Crippen LogP contribution in [0.25, 0.3) is 0 Å². The molecule has 0 spiro atoms. The Kier molecular flexibility index (Phi) is 4.36. The lowest BCUT2D eigenvalue weighted by Gasteiger charge is -2.19. The predicted octanol–water partition coefficient (Wildman–Crippen LogP) is 5.07. The number of nitrogens with zero attached hydrogens (tertiary/aromatic N) is 1. The molecule has 1 aromatic heterocycles. The van der Waals surface area contributed by atoms with Gasteiger partial charge in [-0.05, 0) is 35.4 Å². The molecule has 0 radical (unpaired) electrons. The van der Waals surface area contributed by atoms with Crippen LogP contribution in [0.2, 0.25) is 0 Å². The van der Waals surface area contributed by atoms with Gasteiger partial charge in [-0.15, -0.1) is 11.6 Å². The third kappa shape index (κ3) is 2.90. The van der Waals surface area contributed by atoms with E-state index in [-0.39, 0.29) is 17.1 Å². The maximum atomic E-state index is 13.1. The number of hydrogen-bond donors (Lipinski definition) is 0. The summed E-state index contributed by atoms with van der Waals surface area (Å²) in [6.45, 7) is 2.04. The predicted molar refractivity (Wildman–Crippen MR) is 75.3 cm³/mol. The Hall–Kier alpha value is -0.930. The minimum Gasteiger partial charge on any atom is -0.265 e. The zero-order valence-corrected chi connectivity index (χ0v) is 12.1. The normalized spacial score (nSPS) is 14.2. The number of benzene rings is 1. The van der Waals surface area contributed by atoms with Crippen molar-refractivity contribution in [1.82, 2.24) is 4.98 Å². The molecular weight excluding hydrogens is 317 g/mol. The van der Waals surface area contributed by atoms with Crippen LogP contribution in [-0.2, 0) is 0 Å². The lowest BCUT2D eigenvalue weighted by Crippen LogP contribution is -2.03. The summed E-state index contributed by atoms with van der Waals surface area (Å²) in [6.07, 6.45) is 3.49. The Bertz CT molecular complexity index is 533. The molecule has 0 saturated carbocycles. The summed E-state index contributed by atoms with van der Waals surface area (Å²) >= 11 is 9.83. The van der Waals surface area contributed by atoms with Crippen LogP contribution in [0.15, 0.2) is 47.2 Å². The number of pyridine rings is 1. The molecule has 0 fully saturated rings. The average molecular weight is 329 g/mol. The molecule has 2 aromatic rings. The Morgan fingerprint density at radius 1 is 1.22 bits per heavy atom. The number of halogens is 3. The summed E-state index contributed by atoms with van der Waals surface area (Å²) in [6, 6.07) is 8.46.